The Labute approximate surface area is 153 Å². The molecule has 1 aromatic carbocycles. The SMILES string of the molecule is O=C(/C=C/c1ccccc1Cl)NCC1CCN(C2CCSC2)CC1. The average Bonchev–Trinajstić information content (AvgIpc) is 3.14. The lowest BCUT2D eigenvalue weighted by Crippen LogP contribution is -2.43. The Morgan fingerprint density at radius 3 is 2.79 bits per heavy atom. The van der Waals surface area contributed by atoms with Crippen LogP contribution in [0.2, 0.25) is 5.02 Å². The van der Waals surface area contributed by atoms with Gasteiger partial charge >= 0.3 is 0 Å². The van der Waals surface area contributed by atoms with E-state index in [1.54, 1.807) is 12.2 Å². The largest absolute Gasteiger partial charge is 0.352 e. The quantitative estimate of drug-likeness (QED) is 0.809. The molecular formula is C19H25ClN2OS. The Morgan fingerprint density at radius 2 is 2.08 bits per heavy atom. The van der Waals surface area contributed by atoms with E-state index in [0.29, 0.717) is 10.9 Å². The molecule has 130 valence electrons. The second-order valence-electron chi connectivity index (χ2n) is 6.60. The van der Waals surface area contributed by atoms with Crippen LogP contribution in [-0.4, -0.2) is 48.0 Å². The number of hydrogen-bond donors (Lipinski definition) is 1. The monoisotopic (exact) mass is 364 g/mol. The first-order chi connectivity index (χ1) is 11.7. The van der Waals surface area contributed by atoms with Gasteiger partial charge in [0.1, 0.15) is 0 Å². The van der Waals surface area contributed by atoms with E-state index in [4.69, 9.17) is 11.6 Å². The molecule has 0 aromatic heterocycles. The zero-order chi connectivity index (χ0) is 16.8. The van der Waals surface area contributed by atoms with E-state index < -0.39 is 0 Å². The molecule has 1 aromatic rings. The number of halogens is 1. The highest BCUT2D eigenvalue weighted by Gasteiger charge is 2.27. The van der Waals surface area contributed by atoms with Gasteiger partial charge in [-0.3, -0.25) is 9.69 Å². The molecular weight excluding hydrogens is 340 g/mol. The molecule has 1 unspecified atom stereocenters. The number of carbonyl (C=O) groups excluding carboxylic acids is 1. The molecule has 0 saturated carbocycles. The van der Waals surface area contributed by atoms with Gasteiger partial charge in [0.25, 0.3) is 0 Å². The first kappa shape index (κ1) is 17.8. The third-order valence-corrected chi connectivity index (χ3v) is 6.44. The first-order valence-electron chi connectivity index (χ1n) is 8.74. The van der Waals surface area contributed by atoms with E-state index in [1.807, 2.05) is 24.3 Å². The summed E-state index contributed by atoms with van der Waals surface area (Å²) < 4.78 is 0. The summed E-state index contributed by atoms with van der Waals surface area (Å²) in [6.07, 6.45) is 7.08. The normalized spacial score (nSPS) is 23.0. The number of piperidine rings is 1. The number of amides is 1. The van der Waals surface area contributed by atoms with Crippen molar-refractivity contribution >= 4 is 35.3 Å². The van der Waals surface area contributed by atoms with Crippen molar-refractivity contribution in [2.45, 2.75) is 25.3 Å². The van der Waals surface area contributed by atoms with E-state index in [0.717, 1.165) is 18.2 Å². The van der Waals surface area contributed by atoms with Crippen LogP contribution < -0.4 is 5.32 Å². The van der Waals surface area contributed by atoms with Crippen LogP contribution in [-0.2, 0) is 4.79 Å². The van der Waals surface area contributed by atoms with Crippen LogP contribution in [0.15, 0.2) is 30.3 Å². The van der Waals surface area contributed by atoms with E-state index in [1.165, 1.54) is 43.9 Å². The van der Waals surface area contributed by atoms with Crippen molar-refractivity contribution in [2.24, 2.45) is 5.92 Å². The Kier molecular flexibility index (Phi) is 6.64. The molecule has 0 radical (unpaired) electrons. The second kappa shape index (κ2) is 8.93. The minimum atomic E-state index is -0.0375. The van der Waals surface area contributed by atoms with Gasteiger partial charge in [-0.1, -0.05) is 29.8 Å². The minimum Gasteiger partial charge on any atom is -0.352 e. The molecule has 1 amide bonds. The number of thioether (sulfide) groups is 1. The molecule has 24 heavy (non-hydrogen) atoms. The highest BCUT2D eigenvalue weighted by molar-refractivity contribution is 7.99. The molecule has 0 aliphatic carbocycles. The summed E-state index contributed by atoms with van der Waals surface area (Å²) in [6, 6.07) is 8.33. The zero-order valence-electron chi connectivity index (χ0n) is 13.9. The minimum absolute atomic E-state index is 0.0375. The van der Waals surface area contributed by atoms with Crippen LogP contribution >= 0.6 is 23.4 Å². The van der Waals surface area contributed by atoms with Gasteiger partial charge < -0.3 is 5.32 Å². The lowest BCUT2D eigenvalue weighted by Gasteiger charge is -2.35. The highest BCUT2D eigenvalue weighted by Crippen LogP contribution is 2.26. The van der Waals surface area contributed by atoms with Crippen molar-refractivity contribution < 1.29 is 4.79 Å². The number of hydrogen-bond acceptors (Lipinski definition) is 3. The number of nitrogens with zero attached hydrogens (tertiary/aromatic N) is 1. The maximum atomic E-state index is 12.0. The summed E-state index contributed by atoms with van der Waals surface area (Å²) >= 11 is 8.16. The van der Waals surface area contributed by atoms with Crippen molar-refractivity contribution in [3.8, 4) is 0 Å². The molecule has 2 heterocycles. The first-order valence-corrected chi connectivity index (χ1v) is 10.3. The standard InChI is InChI=1S/C19H25ClN2OS/c20-18-4-2-1-3-16(18)5-6-19(23)21-13-15-7-10-22(11-8-15)17-9-12-24-14-17/h1-6,15,17H,7-14H2,(H,21,23)/b6-5+. The topological polar surface area (TPSA) is 32.3 Å². The fraction of sp³-hybridized carbons (Fsp3) is 0.526. The molecule has 5 heteroatoms. The number of likely N-dealkylation sites (tertiary alicyclic amines) is 1. The van der Waals surface area contributed by atoms with Gasteiger partial charge in [0, 0.05) is 29.4 Å². The van der Waals surface area contributed by atoms with Crippen LogP contribution in [0.25, 0.3) is 6.08 Å². The summed E-state index contributed by atoms with van der Waals surface area (Å²) in [5.41, 5.74) is 0.872. The third kappa shape index (κ3) is 5.01. The zero-order valence-corrected chi connectivity index (χ0v) is 15.5. The van der Waals surface area contributed by atoms with Crippen molar-refractivity contribution in [2.75, 3.05) is 31.1 Å². The molecule has 2 fully saturated rings. The summed E-state index contributed by atoms with van der Waals surface area (Å²) in [7, 11) is 0. The molecule has 2 aliphatic heterocycles. The molecule has 0 bridgehead atoms. The van der Waals surface area contributed by atoms with Gasteiger partial charge in [-0.25, -0.2) is 0 Å². The van der Waals surface area contributed by atoms with Crippen molar-refractivity contribution in [3.05, 3.63) is 40.9 Å². The van der Waals surface area contributed by atoms with Gasteiger partial charge in [-0.05, 0) is 61.7 Å². The number of rotatable bonds is 5. The van der Waals surface area contributed by atoms with Crippen LogP contribution in [0, 0.1) is 5.92 Å². The van der Waals surface area contributed by atoms with Crippen LogP contribution in [0.5, 0.6) is 0 Å². The van der Waals surface area contributed by atoms with E-state index >= 15 is 0 Å². The molecule has 2 saturated heterocycles. The van der Waals surface area contributed by atoms with Gasteiger partial charge in [-0.15, -0.1) is 0 Å². The summed E-state index contributed by atoms with van der Waals surface area (Å²) in [5.74, 6) is 3.18. The van der Waals surface area contributed by atoms with Crippen LogP contribution in [0.3, 0.4) is 0 Å². The Bertz CT molecular complexity index is 578. The number of benzene rings is 1. The second-order valence-corrected chi connectivity index (χ2v) is 8.15. The van der Waals surface area contributed by atoms with Crippen molar-refractivity contribution in [3.63, 3.8) is 0 Å². The predicted octanol–water partition coefficient (Wildman–Crippen LogP) is 3.69. The van der Waals surface area contributed by atoms with Gasteiger partial charge in [-0.2, -0.15) is 11.8 Å². The molecule has 2 aliphatic rings. The molecule has 1 atom stereocenters. The average molecular weight is 365 g/mol. The van der Waals surface area contributed by atoms with Gasteiger partial charge in [0.15, 0.2) is 0 Å². The molecule has 0 spiro atoms. The van der Waals surface area contributed by atoms with Gasteiger partial charge in [0.2, 0.25) is 5.91 Å². The molecule has 1 N–H and O–H groups in total. The third-order valence-electron chi connectivity index (χ3n) is 4.96. The number of carbonyl (C=O) groups is 1. The van der Waals surface area contributed by atoms with E-state index in [9.17, 15) is 4.79 Å². The maximum absolute atomic E-state index is 12.0. The highest BCUT2D eigenvalue weighted by atomic mass is 35.5. The summed E-state index contributed by atoms with van der Waals surface area (Å²) in [4.78, 5) is 14.6. The van der Waals surface area contributed by atoms with E-state index in [2.05, 4.69) is 22.0 Å². The van der Waals surface area contributed by atoms with Crippen molar-refractivity contribution in [1.82, 2.24) is 10.2 Å². The molecule has 3 rings (SSSR count). The smallest absolute Gasteiger partial charge is 0.244 e. The fourth-order valence-corrected chi connectivity index (χ4v) is 4.87. The number of nitrogens with one attached hydrogen (secondary N) is 1. The predicted molar refractivity (Wildman–Crippen MR) is 104 cm³/mol. The van der Waals surface area contributed by atoms with Crippen molar-refractivity contribution in [1.29, 1.82) is 0 Å². The van der Waals surface area contributed by atoms with E-state index in [-0.39, 0.29) is 5.91 Å². The fourth-order valence-electron chi connectivity index (χ4n) is 3.41. The lowest BCUT2D eigenvalue weighted by atomic mass is 9.95. The van der Waals surface area contributed by atoms with Gasteiger partial charge in [0.05, 0.1) is 0 Å². The Morgan fingerprint density at radius 1 is 1.29 bits per heavy atom. The van der Waals surface area contributed by atoms with Crippen LogP contribution in [0.4, 0.5) is 0 Å². The lowest BCUT2D eigenvalue weighted by molar-refractivity contribution is -0.116. The van der Waals surface area contributed by atoms with Crippen LogP contribution in [0.1, 0.15) is 24.8 Å². The maximum Gasteiger partial charge on any atom is 0.244 e. The Balaban J connectivity index is 1.38. The Hall–Kier alpha value is -0.970. The summed E-state index contributed by atoms with van der Waals surface area (Å²) in [6.45, 7) is 3.14. The molecule has 3 nitrogen and oxygen atoms in total. The summed E-state index contributed by atoms with van der Waals surface area (Å²) in [5, 5.41) is 3.70.